The normalized spacial score (nSPS) is 10.0. The molecule has 1 aromatic heterocycles. The Balaban J connectivity index is 2.87. The van der Waals surface area contributed by atoms with Gasteiger partial charge in [-0.05, 0) is 0 Å². The molecular weight excluding hydrogens is 224 g/mol. The number of nitrogens with two attached hydrogens (primary N) is 1. The molecule has 0 bridgehead atoms. The van der Waals surface area contributed by atoms with Crippen molar-refractivity contribution in [3.05, 3.63) is 32.1 Å². The molecule has 7 nitrogen and oxygen atoms in total. The van der Waals surface area contributed by atoms with Crippen LogP contribution in [0.1, 0.15) is 6.42 Å². The summed E-state index contributed by atoms with van der Waals surface area (Å²) in [5.41, 5.74) is 0.653. The zero-order chi connectivity index (χ0) is 11.4. The van der Waals surface area contributed by atoms with Gasteiger partial charge in [-0.2, -0.15) is 0 Å². The number of aromatic amines is 1. The van der Waals surface area contributed by atoms with Crippen molar-refractivity contribution in [1.29, 1.82) is 0 Å². The Hall–Kier alpha value is -1.60. The summed E-state index contributed by atoms with van der Waals surface area (Å²) in [6.45, 7) is 0.0956. The van der Waals surface area contributed by atoms with Crippen molar-refractivity contribution in [3.63, 3.8) is 0 Å². The Morgan fingerprint density at radius 1 is 1.60 bits per heavy atom. The minimum atomic E-state index is -0.652. The maximum absolute atomic E-state index is 11.2. The molecule has 0 aromatic carbocycles. The molecule has 0 aliphatic rings. The lowest BCUT2D eigenvalue weighted by molar-refractivity contribution is -0.121. The van der Waals surface area contributed by atoms with E-state index in [1.165, 1.54) is 6.20 Å². The zero-order valence-corrected chi connectivity index (χ0v) is 8.37. The summed E-state index contributed by atoms with van der Waals surface area (Å²) in [4.78, 5) is 34.9. The highest BCUT2D eigenvalue weighted by Crippen LogP contribution is 1.96. The third-order valence-corrected chi connectivity index (χ3v) is 1.98. The van der Waals surface area contributed by atoms with Crippen molar-refractivity contribution < 1.29 is 4.79 Å². The summed E-state index contributed by atoms with van der Waals surface area (Å²) in [6.07, 6.45) is 1.20. The van der Waals surface area contributed by atoms with Crippen molar-refractivity contribution in [3.8, 4) is 0 Å². The molecule has 1 aromatic rings. The Kier molecular flexibility index (Phi) is 3.64. The molecule has 4 N–H and O–H groups in total. The molecule has 0 unspecified atom stereocenters. The average molecular weight is 233 g/mol. The number of hydrazine groups is 1. The molecule has 0 aliphatic carbocycles. The Bertz CT molecular complexity index is 478. The number of hydrogen-bond donors (Lipinski definition) is 3. The highest BCUT2D eigenvalue weighted by molar-refractivity contribution is 6.30. The van der Waals surface area contributed by atoms with Gasteiger partial charge < -0.3 is 0 Å². The average Bonchev–Trinajstić information content (AvgIpc) is 2.21. The molecule has 0 aliphatic heterocycles. The summed E-state index contributed by atoms with van der Waals surface area (Å²) in [6, 6.07) is 0. The maximum atomic E-state index is 11.2. The van der Waals surface area contributed by atoms with Crippen LogP contribution in [0.25, 0.3) is 0 Å². The van der Waals surface area contributed by atoms with Gasteiger partial charge in [-0.3, -0.25) is 24.6 Å². The molecule has 1 heterocycles. The van der Waals surface area contributed by atoms with Crippen molar-refractivity contribution >= 4 is 17.5 Å². The first kappa shape index (κ1) is 11.5. The Morgan fingerprint density at radius 2 is 2.27 bits per heavy atom. The molecule has 8 heteroatoms. The maximum Gasteiger partial charge on any atom is 0.328 e. The minimum absolute atomic E-state index is 0.0266. The summed E-state index contributed by atoms with van der Waals surface area (Å²) in [5, 5.41) is -0.109. The highest BCUT2D eigenvalue weighted by atomic mass is 35.5. The molecule has 0 saturated heterocycles. The molecule has 15 heavy (non-hydrogen) atoms. The molecular formula is C7H9ClN4O3. The summed E-state index contributed by atoms with van der Waals surface area (Å²) in [7, 11) is 0. The number of nitrogens with zero attached hydrogens (tertiary/aromatic N) is 1. The second-order valence-corrected chi connectivity index (χ2v) is 3.15. The van der Waals surface area contributed by atoms with E-state index >= 15 is 0 Å². The van der Waals surface area contributed by atoms with Gasteiger partial charge in [0.05, 0.1) is 0 Å². The number of carbonyl (C=O) groups excluding carboxylic acids is 1. The predicted molar refractivity (Wildman–Crippen MR) is 53.3 cm³/mol. The first-order valence-corrected chi connectivity index (χ1v) is 4.41. The fourth-order valence-electron chi connectivity index (χ4n) is 0.943. The summed E-state index contributed by atoms with van der Waals surface area (Å²) < 4.78 is 1.12. The van der Waals surface area contributed by atoms with E-state index in [4.69, 9.17) is 17.4 Å². The van der Waals surface area contributed by atoms with Crippen molar-refractivity contribution in [2.75, 3.05) is 0 Å². The van der Waals surface area contributed by atoms with E-state index in [1.807, 2.05) is 10.4 Å². The molecule has 0 fully saturated rings. The van der Waals surface area contributed by atoms with Crippen LogP contribution in [0.5, 0.6) is 0 Å². The number of aryl methyl sites for hydroxylation is 1. The number of amides is 1. The van der Waals surface area contributed by atoms with Crippen LogP contribution in [-0.4, -0.2) is 15.5 Å². The second-order valence-electron chi connectivity index (χ2n) is 2.75. The summed E-state index contributed by atoms with van der Waals surface area (Å²) >= 11 is 5.51. The van der Waals surface area contributed by atoms with Crippen molar-refractivity contribution in [2.24, 2.45) is 5.84 Å². The van der Waals surface area contributed by atoms with Gasteiger partial charge in [0.15, 0.2) is 0 Å². The first-order chi connectivity index (χ1) is 7.04. The Morgan fingerprint density at radius 3 is 2.87 bits per heavy atom. The molecule has 1 rings (SSSR count). The monoisotopic (exact) mass is 232 g/mol. The topological polar surface area (TPSA) is 110 Å². The Labute approximate surface area is 88.8 Å². The molecule has 0 spiro atoms. The fraction of sp³-hybridized carbons (Fsp3) is 0.286. The van der Waals surface area contributed by atoms with Crippen LogP contribution in [0.15, 0.2) is 15.8 Å². The number of H-pyrrole nitrogens is 1. The van der Waals surface area contributed by atoms with Crippen LogP contribution in [0.3, 0.4) is 0 Å². The van der Waals surface area contributed by atoms with Crippen molar-refractivity contribution in [1.82, 2.24) is 15.0 Å². The van der Waals surface area contributed by atoms with E-state index in [0.29, 0.717) is 0 Å². The number of halogens is 1. The number of aromatic nitrogens is 2. The predicted octanol–water partition coefficient (Wildman–Crippen LogP) is -1.43. The quantitative estimate of drug-likeness (QED) is 0.337. The van der Waals surface area contributed by atoms with Crippen molar-refractivity contribution in [2.45, 2.75) is 13.0 Å². The molecule has 0 atom stereocenters. The van der Waals surface area contributed by atoms with Gasteiger partial charge in [0.1, 0.15) is 5.02 Å². The van der Waals surface area contributed by atoms with Gasteiger partial charge in [0, 0.05) is 19.2 Å². The minimum Gasteiger partial charge on any atom is -0.299 e. The van der Waals surface area contributed by atoms with Gasteiger partial charge in [-0.15, -0.1) is 0 Å². The van der Waals surface area contributed by atoms with Crippen LogP contribution in [0, 0.1) is 0 Å². The van der Waals surface area contributed by atoms with Gasteiger partial charge in [-0.25, -0.2) is 10.6 Å². The number of nitrogens with one attached hydrogen (secondary N) is 2. The van der Waals surface area contributed by atoms with E-state index in [2.05, 4.69) is 0 Å². The lowest BCUT2D eigenvalue weighted by Gasteiger charge is -2.03. The highest BCUT2D eigenvalue weighted by Gasteiger charge is 2.04. The summed E-state index contributed by atoms with van der Waals surface area (Å²) in [5.74, 6) is 4.44. The third kappa shape index (κ3) is 2.93. The molecule has 82 valence electrons. The standard InChI is InChI=1S/C7H9ClN4O3/c8-4-3-12(2-1-5(13)11-9)7(15)10-6(4)14/h3H,1-2,9H2,(H,11,13)(H,10,14,15). The second kappa shape index (κ2) is 4.76. The van der Waals surface area contributed by atoms with Gasteiger partial charge >= 0.3 is 5.69 Å². The number of hydrogen-bond acceptors (Lipinski definition) is 4. The van der Waals surface area contributed by atoms with Crippen LogP contribution in [0.2, 0.25) is 5.02 Å². The van der Waals surface area contributed by atoms with Crippen LogP contribution < -0.4 is 22.5 Å². The van der Waals surface area contributed by atoms with E-state index in [9.17, 15) is 14.4 Å². The first-order valence-electron chi connectivity index (χ1n) is 4.03. The third-order valence-electron chi connectivity index (χ3n) is 1.71. The van der Waals surface area contributed by atoms with E-state index in [-0.39, 0.29) is 18.0 Å². The molecule has 0 saturated carbocycles. The van der Waals surface area contributed by atoms with Crippen LogP contribution >= 0.6 is 11.6 Å². The lowest BCUT2D eigenvalue weighted by atomic mass is 10.4. The lowest BCUT2D eigenvalue weighted by Crippen LogP contribution is -2.34. The van der Waals surface area contributed by atoms with E-state index in [0.717, 1.165) is 4.57 Å². The number of rotatable bonds is 3. The smallest absolute Gasteiger partial charge is 0.299 e. The van der Waals surface area contributed by atoms with Gasteiger partial charge in [-0.1, -0.05) is 11.6 Å². The van der Waals surface area contributed by atoms with Crippen LogP contribution in [0.4, 0.5) is 0 Å². The SMILES string of the molecule is NNC(=O)CCn1cc(Cl)c(=O)[nH]c1=O. The number of carbonyl (C=O) groups is 1. The van der Waals surface area contributed by atoms with Crippen LogP contribution in [-0.2, 0) is 11.3 Å². The van der Waals surface area contributed by atoms with Gasteiger partial charge in [0.2, 0.25) is 5.91 Å². The van der Waals surface area contributed by atoms with E-state index in [1.54, 1.807) is 0 Å². The molecule has 1 amide bonds. The van der Waals surface area contributed by atoms with E-state index < -0.39 is 17.2 Å². The molecule has 0 radical (unpaired) electrons. The largest absolute Gasteiger partial charge is 0.328 e. The fourth-order valence-corrected chi connectivity index (χ4v) is 1.11. The van der Waals surface area contributed by atoms with Gasteiger partial charge in [0.25, 0.3) is 5.56 Å². The zero-order valence-electron chi connectivity index (χ0n) is 7.62.